The average molecular weight is 184 g/mol. The second-order valence-corrected chi connectivity index (χ2v) is 2.44. The van der Waals surface area contributed by atoms with Crippen LogP contribution in [-0.2, 0) is 9.47 Å². The van der Waals surface area contributed by atoms with Crippen LogP contribution in [0.3, 0.4) is 0 Å². The third kappa shape index (κ3) is 4.73. The lowest BCUT2D eigenvalue weighted by molar-refractivity contribution is 0.0800. The Morgan fingerprint density at radius 3 is 2.54 bits per heavy atom. The zero-order valence-corrected chi connectivity index (χ0v) is 9.09. The van der Waals surface area contributed by atoms with Gasteiger partial charge in [0.25, 0.3) is 0 Å². The van der Waals surface area contributed by atoms with Gasteiger partial charge in [-0.2, -0.15) is 0 Å². The van der Waals surface area contributed by atoms with Crippen molar-refractivity contribution >= 4 is 0 Å². The Kier molecular flexibility index (Phi) is 7.41. The minimum atomic E-state index is 0.409. The van der Waals surface area contributed by atoms with Crippen molar-refractivity contribution in [1.82, 2.24) is 0 Å². The van der Waals surface area contributed by atoms with Crippen molar-refractivity contribution in [2.24, 2.45) is 0 Å². The minimum Gasteiger partial charge on any atom is -0.469 e. The Hall–Kier alpha value is -0.760. The van der Waals surface area contributed by atoms with Gasteiger partial charge in [-0.3, -0.25) is 0 Å². The number of hydrogen-bond acceptors (Lipinski definition) is 2. The lowest BCUT2D eigenvalue weighted by Crippen LogP contribution is -1.84. The summed E-state index contributed by atoms with van der Waals surface area (Å²) in [7, 11) is 0. The fourth-order valence-corrected chi connectivity index (χ4v) is 0.981. The molecule has 0 atom stereocenters. The molecule has 2 nitrogen and oxygen atoms in total. The SMILES string of the molecule is C/C=C(\C=C1/COCO1)CC.CC. The van der Waals surface area contributed by atoms with Gasteiger partial charge in [0, 0.05) is 0 Å². The maximum absolute atomic E-state index is 5.19. The summed E-state index contributed by atoms with van der Waals surface area (Å²) in [5, 5.41) is 0. The van der Waals surface area contributed by atoms with Gasteiger partial charge in [0.1, 0.15) is 12.4 Å². The number of hydrogen-bond donors (Lipinski definition) is 0. The molecule has 0 N–H and O–H groups in total. The first kappa shape index (κ1) is 12.2. The summed E-state index contributed by atoms with van der Waals surface area (Å²) >= 11 is 0. The molecule has 1 saturated heterocycles. The van der Waals surface area contributed by atoms with Gasteiger partial charge < -0.3 is 9.47 Å². The van der Waals surface area contributed by atoms with Crippen LogP contribution in [0.25, 0.3) is 0 Å². The zero-order chi connectivity index (χ0) is 10.1. The molecule has 0 aromatic carbocycles. The molecule has 76 valence electrons. The second kappa shape index (κ2) is 7.87. The Morgan fingerprint density at radius 1 is 1.46 bits per heavy atom. The average Bonchev–Trinajstić information content (AvgIpc) is 2.70. The lowest BCUT2D eigenvalue weighted by Gasteiger charge is -1.97. The van der Waals surface area contributed by atoms with Crippen molar-refractivity contribution in [3.05, 3.63) is 23.5 Å². The van der Waals surface area contributed by atoms with E-state index in [4.69, 9.17) is 9.47 Å². The highest BCUT2D eigenvalue weighted by Crippen LogP contribution is 2.12. The van der Waals surface area contributed by atoms with E-state index in [0.717, 1.165) is 12.2 Å². The first-order chi connectivity index (χ1) is 6.36. The van der Waals surface area contributed by atoms with Crippen LogP contribution in [0.1, 0.15) is 34.1 Å². The Balaban J connectivity index is 0.000000671. The first-order valence-electron chi connectivity index (χ1n) is 4.93. The van der Waals surface area contributed by atoms with Gasteiger partial charge in [0.15, 0.2) is 6.79 Å². The van der Waals surface area contributed by atoms with Crippen LogP contribution in [0.4, 0.5) is 0 Å². The molecule has 0 bridgehead atoms. The van der Waals surface area contributed by atoms with Gasteiger partial charge in [0.05, 0.1) is 0 Å². The molecule has 1 rings (SSSR count). The molecule has 0 amide bonds. The van der Waals surface area contributed by atoms with Crippen molar-refractivity contribution in [2.75, 3.05) is 13.4 Å². The topological polar surface area (TPSA) is 18.5 Å². The molecule has 0 aliphatic carbocycles. The van der Waals surface area contributed by atoms with E-state index < -0.39 is 0 Å². The molecule has 0 radical (unpaired) electrons. The monoisotopic (exact) mass is 184 g/mol. The van der Waals surface area contributed by atoms with Crippen LogP contribution >= 0.6 is 0 Å². The van der Waals surface area contributed by atoms with Gasteiger partial charge in [-0.1, -0.05) is 26.8 Å². The minimum absolute atomic E-state index is 0.409. The summed E-state index contributed by atoms with van der Waals surface area (Å²) < 4.78 is 10.2. The Labute approximate surface area is 81.2 Å². The van der Waals surface area contributed by atoms with E-state index in [9.17, 15) is 0 Å². The van der Waals surface area contributed by atoms with Gasteiger partial charge in [-0.05, 0) is 25.0 Å². The zero-order valence-electron chi connectivity index (χ0n) is 9.09. The van der Waals surface area contributed by atoms with E-state index in [2.05, 4.69) is 13.0 Å². The maximum atomic E-state index is 5.19. The molecule has 0 spiro atoms. The highest BCUT2D eigenvalue weighted by atomic mass is 16.7. The van der Waals surface area contributed by atoms with Crippen molar-refractivity contribution in [3.63, 3.8) is 0 Å². The fraction of sp³-hybridized carbons (Fsp3) is 0.636. The quantitative estimate of drug-likeness (QED) is 0.655. The molecule has 2 heteroatoms. The van der Waals surface area contributed by atoms with Gasteiger partial charge in [0.2, 0.25) is 0 Å². The molecule has 1 aliphatic rings. The molecule has 13 heavy (non-hydrogen) atoms. The van der Waals surface area contributed by atoms with E-state index in [0.29, 0.717) is 13.4 Å². The van der Waals surface area contributed by atoms with E-state index in [1.54, 1.807) is 0 Å². The third-order valence-corrected chi connectivity index (χ3v) is 1.70. The van der Waals surface area contributed by atoms with Gasteiger partial charge in [-0.15, -0.1) is 0 Å². The largest absolute Gasteiger partial charge is 0.469 e. The summed E-state index contributed by atoms with van der Waals surface area (Å²) in [5.41, 5.74) is 1.30. The summed E-state index contributed by atoms with van der Waals surface area (Å²) in [6.07, 6.45) is 5.19. The standard InChI is InChI=1S/C9H14O2.C2H6/c1-3-8(4-2)5-9-6-10-7-11-9;1-2/h3,5H,4,6-7H2,1-2H3;1-2H3/b8-3-,9-5+;. The Morgan fingerprint density at radius 2 is 2.15 bits per heavy atom. The molecule has 1 fully saturated rings. The molecule has 0 aromatic rings. The second-order valence-electron chi connectivity index (χ2n) is 2.44. The summed E-state index contributed by atoms with van der Waals surface area (Å²) in [5.74, 6) is 0.944. The lowest BCUT2D eigenvalue weighted by atomic mass is 10.2. The third-order valence-electron chi connectivity index (χ3n) is 1.70. The molecule has 0 saturated carbocycles. The first-order valence-corrected chi connectivity index (χ1v) is 4.93. The van der Waals surface area contributed by atoms with E-state index in [1.165, 1.54) is 5.57 Å². The number of ether oxygens (including phenoxy) is 2. The predicted octanol–water partition coefficient (Wildman–Crippen LogP) is 3.26. The van der Waals surface area contributed by atoms with Crippen LogP contribution < -0.4 is 0 Å². The van der Waals surface area contributed by atoms with Crippen molar-refractivity contribution in [1.29, 1.82) is 0 Å². The Bertz CT molecular complexity index is 173. The van der Waals surface area contributed by atoms with Crippen molar-refractivity contribution in [2.45, 2.75) is 34.1 Å². The number of allylic oxidation sites excluding steroid dienone is 3. The van der Waals surface area contributed by atoms with Crippen LogP contribution in [0.5, 0.6) is 0 Å². The van der Waals surface area contributed by atoms with Crippen molar-refractivity contribution in [3.8, 4) is 0 Å². The highest BCUT2D eigenvalue weighted by molar-refractivity contribution is 5.20. The van der Waals surface area contributed by atoms with Crippen LogP contribution in [-0.4, -0.2) is 13.4 Å². The predicted molar refractivity (Wildman–Crippen MR) is 55.4 cm³/mol. The molecular formula is C11H20O2. The van der Waals surface area contributed by atoms with E-state index in [-0.39, 0.29) is 0 Å². The van der Waals surface area contributed by atoms with Crippen LogP contribution in [0, 0.1) is 0 Å². The fourth-order valence-electron chi connectivity index (χ4n) is 0.981. The molecule has 1 heterocycles. The van der Waals surface area contributed by atoms with E-state index >= 15 is 0 Å². The maximum Gasteiger partial charge on any atom is 0.189 e. The van der Waals surface area contributed by atoms with Gasteiger partial charge >= 0.3 is 0 Å². The summed E-state index contributed by atoms with van der Waals surface area (Å²) in [6, 6.07) is 0. The van der Waals surface area contributed by atoms with Gasteiger partial charge in [-0.25, -0.2) is 0 Å². The summed E-state index contributed by atoms with van der Waals surface area (Å²) in [4.78, 5) is 0. The highest BCUT2D eigenvalue weighted by Gasteiger charge is 2.06. The summed E-state index contributed by atoms with van der Waals surface area (Å²) in [6.45, 7) is 9.19. The normalized spacial score (nSPS) is 19.4. The van der Waals surface area contributed by atoms with E-state index in [1.807, 2.05) is 26.8 Å². The van der Waals surface area contributed by atoms with Crippen molar-refractivity contribution < 1.29 is 9.47 Å². The molecule has 0 aromatic heterocycles. The molecule has 1 aliphatic heterocycles. The van der Waals surface area contributed by atoms with Crippen LogP contribution in [0.15, 0.2) is 23.5 Å². The molecular weight excluding hydrogens is 164 g/mol. The smallest absolute Gasteiger partial charge is 0.189 e. The number of rotatable bonds is 2. The van der Waals surface area contributed by atoms with Crippen LogP contribution in [0.2, 0.25) is 0 Å². The molecule has 0 unspecified atom stereocenters.